The van der Waals surface area contributed by atoms with Crippen LogP contribution in [0.1, 0.15) is 19.8 Å². The molecule has 0 aliphatic carbocycles. The minimum atomic E-state index is -0.159. The molecule has 0 aromatic carbocycles. The summed E-state index contributed by atoms with van der Waals surface area (Å²) >= 11 is 0. The molecule has 2 saturated heterocycles. The lowest BCUT2D eigenvalue weighted by Crippen LogP contribution is -2.53. The highest BCUT2D eigenvalue weighted by molar-refractivity contribution is 5.67. The zero-order valence-electron chi connectivity index (χ0n) is 13.9. The summed E-state index contributed by atoms with van der Waals surface area (Å²) in [4.78, 5) is 22.7. The lowest BCUT2D eigenvalue weighted by atomic mass is 10.0. The van der Waals surface area contributed by atoms with Gasteiger partial charge >= 0.3 is 6.09 Å². The van der Waals surface area contributed by atoms with Gasteiger partial charge in [-0.1, -0.05) is 0 Å². The van der Waals surface area contributed by atoms with Gasteiger partial charge in [-0.3, -0.25) is 9.88 Å². The highest BCUT2D eigenvalue weighted by Crippen LogP contribution is 2.21. The topological polar surface area (TPSA) is 48.9 Å². The van der Waals surface area contributed by atoms with E-state index in [1.54, 1.807) is 0 Å². The van der Waals surface area contributed by atoms with Crippen LogP contribution < -0.4 is 4.90 Å². The average molecular weight is 318 g/mol. The zero-order valence-corrected chi connectivity index (χ0v) is 13.9. The summed E-state index contributed by atoms with van der Waals surface area (Å²) in [5, 5.41) is 0. The largest absolute Gasteiger partial charge is 0.450 e. The van der Waals surface area contributed by atoms with Crippen LogP contribution in [-0.4, -0.2) is 72.8 Å². The number of hydrogen-bond acceptors (Lipinski definition) is 5. The van der Waals surface area contributed by atoms with Gasteiger partial charge in [0.1, 0.15) is 0 Å². The molecule has 0 atom stereocenters. The Labute approximate surface area is 138 Å². The molecule has 3 rings (SSSR count). The molecule has 1 amide bonds. The van der Waals surface area contributed by atoms with Crippen molar-refractivity contribution in [3.05, 3.63) is 24.5 Å². The molecule has 0 bridgehead atoms. The Morgan fingerprint density at radius 1 is 1.13 bits per heavy atom. The number of nitrogens with zero attached hydrogens (tertiary/aromatic N) is 4. The van der Waals surface area contributed by atoms with Gasteiger partial charge in [0, 0.05) is 63.4 Å². The molecular weight excluding hydrogens is 292 g/mol. The van der Waals surface area contributed by atoms with Gasteiger partial charge in [-0.2, -0.15) is 0 Å². The van der Waals surface area contributed by atoms with E-state index >= 15 is 0 Å². The summed E-state index contributed by atoms with van der Waals surface area (Å²) in [5.41, 5.74) is 1.26. The normalized spacial score (nSPS) is 20.6. The maximum Gasteiger partial charge on any atom is 0.409 e. The Hall–Kier alpha value is -1.82. The maximum atomic E-state index is 11.8. The van der Waals surface area contributed by atoms with Gasteiger partial charge in [-0.15, -0.1) is 0 Å². The molecule has 2 fully saturated rings. The van der Waals surface area contributed by atoms with Crippen LogP contribution in [-0.2, 0) is 4.74 Å². The third kappa shape index (κ3) is 3.93. The summed E-state index contributed by atoms with van der Waals surface area (Å²) in [7, 11) is 0. The molecule has 0 saturated carbocycles. The number of ether oxygens (including phenoxy) is 1. The van der Waals surface area contributed by atoms with Gasteiger partial charge in [0.05, 0.1) is 6.61 Å². The molecule has 0 unspecified atom stereocenters. The lowest BCUT2D eigenvalue weighted by molar-refractivity contribution is 0.0729. The number of aromatic nitrogens is 1. The van der Waals surface area contributed by atoms with Crippen LogP contribution in [0, 0.1) is 0 Å². The summed E-state index contributed by atoms with van der Waals surface area (Å²) in [6.45, 7) is 8.23. The zero-order chi connectivity index (χ0) is 16.1. The number of amides is 1. The fraction of sp³-hybridized carbons (Fsp3) is 0.647. The van der Waals surface area contributed by atoms with Crippen LogP contribution in [0.3, 0.4) is 0 Å². The first-order chi connectivity index (χ1) is 11.3. The maximum absolute atomic E-state index is 11.8. The van der Waals surface area contributed by atoms with Crippen LogP contribution in [0.5, 0.6) is 0 Å². The second-order valence-electron chi connectivity index (χ2n) is 6.15. The van der Waals surface area contributed by atoms with Crippen molar-refractivity contribution in [2.24, 2.45) is 0 Å². The Kier molecular flexibility index (Phi) is 5.33. The number of pyridine rings is 1. The van der Waals surface area contributed by atoms with E-state index in [9.17, 15) is 4.79 Å². The monoisotopic (exact) mass is 318 g/mol. The highest BCUT2D eigenvalue weighted by atomic mass is 16.6. The molecule has 0 radical (unpaired) electrons. The predicted molar refractivity (Wildman–Crippen MR) is 89.6 cm³/mol. The number of anilines is 1. The number of carbonyl (C=O) groups excluding carboxylic acids is 1. The Morgan fingerprint density at radius 2 is 1.78 bits per heavy atom. The molecule has 0 N–H and O–H groups in total. The minimum absolute atomic E-state index is 0.159. The van der Waals surface area contributed by atoms with Crippen LogP contribution in [0.25, 0.3) is 0 Å². The molecule has 6 heteroatoms. The van der Waals surface area contributed by atoms with Crippen LogP contribution >= 0.6 is 0 Å². The molecule has 1 aromatic rings. The van der Waals surface area contributed by atoms with Crippen molar-refractivity contribution in [2.75, 3.05) is 50.8 Å². The summed E-state index contributed by atoms with van der Waals surface area (Å²) in [6.07, 6.45) is 5.65. The van der Waals surface area contributed by atoms with Crippen molar-refractivity contribution in [1.29, 1.82) is 0 Å². The number of rotatable bonds is 3. The molecular formula is C17H26N4O2. The fourth-order valence-electron chi connectivity index (χ4n) is 3.53. The van der Waals surface area contributed by atoms with E-state index in [1.165, 1.54) is 5.69 Å². The minimum Gasteiger partial charge on any atom is -0.450 e. The lowest BCUT2D eigenvalue weighted by Gasteiger charge is -2.43. The third-order valence-corrected chi connectivity index (χ3v) is 4.85. The predicted octanol–water partition coefficient (Wildman–Crippen LogP) is 1.82. The van der Waals surface area contributed by atoms with Crippen molar-refractivity contribution in [2.45, 2.75) is 25.8 Å². The van der Waals surface area contributed by atoms with Gasteiger partial charge in [0.15, 0.2) is 0 Å². The Morgan fingerprint density at radius 3 is 2.39 bits per heavy atom. The highest BCUT2D eigenvalue weighted by Gasteiger charge is 2.29. The Balaban J connectivity index is 1.45. The molecule has 2 aliphatic heterocycles. The van der Waals surface area contributed by atoms with Gasteiger partial charge < -0.3 is 14.5 Å². The van der Waals surface area contributed by atoms with Gasteiger partial charge in [0.25, 0.3) is 0 Å². The van der Waals surface area contributed by atoms with E-state index in [2.05, 4.69) is 26.9 Å². The number of hydrogen-bond donors (Lipinski definition) is 0. The van der Waals surface area contributed by atoms with E-state index in [-0.39, 0.29) is 6.09 Å². The molecule has 0 spiro atoms. The number of likely N-dealkylation sites (tertiary alicyclic amines) is 1. The summed E-state index contributed by atoms with van der Waals surface area (Å²) < 4.78 is 5.09. The Bertz CT molecular complexity index is 495. The first-order valence-electron chi connectivity index (χ1n) is 8.58. The van der Waals surface area contributed by atoms with Crippen molar-refractivity contribution in [3.8, 4) is 0 Å². The first-order valence-corrected chi connectivity index (χ1v) is 8.58. The van der Waals surface area contributed by atoms with E-state index in [0.29, 0.717) is 12.6 Å². The second-order valence-corrected chi connectivity index (χ2v) is 6.15. The smallest absolute Gasteiger partial charge is 0.409 e. The van der Waals surface area contributed by atoms with Gasteiger partial charge in [-0.05, 0) is 31.9 Å². The molecule has 1 aromatic heterocycles. The first kappa shape index (κ1) is 16.1. The molecule has 2 aliphatic rings. The average Bonchev–Trinajstić information content (AvgIpc) is 2.63. The summed E-state index contributed by atoms with van der Waals surface area (Å²) in [6, 6.07) is 4.75. The van der Waals surface area contributed by atoms with E-state index < -0.39 is 0 Å². The van der Waals surface area contributed by atoms with E-state index in [0.717, 1.165) is 52.1 Å². The van der Waals surface area contributed by atoms with Crippen LogP contribution in [0.2, 0.25) is 0 Å². The van der Waals surface area contributed by atoms with Crippen molar-refractivity contribution in [3.63, 3.8) is 0 Å². The van der Waals surface area contributed by atoms with Crippen LogP contribution in [0.15, 0.2) is 24.5 Å². The number of piperidine rings is 1. The van der Waals surface area contributed by atoms with Crippen molar-refractivity contribution < 1.29 is 9.53 Å². The number of piperazine rings is 1. The van der Waals surface area contributed by atoms with E-state index in [4.69, 9.17) is 4.74 Å². The molecule has 3 heterocycles. The molecule has 6 nitrogen and oxygen atoms in total. The molecule has 23 heavy (non-hydrogen) atoms. The fourth-order valence-corrected chi connectivity index (χ4v) is 3.53. The quantitative estimate of drug-likeness (QED) is 0.851. The van der Waals surface area contributed by atoms with E-state index in [1.807, 2.05) is 24.2 Å². The third-order valence-electron chi connectivity index (χ3n) is 4.85. The number of carbonyl (C=O) groups is 1. The van der Waals surface area contributed by atoms with Gasteiger partial charge in [-0.25, -0.2) is 4.79 Å². The van der Waals surface area contributed by atoms with Gasteiger partial charge in [0.2, 0.25) is 0 Å². The molecule has 126 valence electrons. The SMILES string of the molecule is CCOC(=O)N1CCC(N2CCN(c3ccncc3)CC2)CC1. The standard InChI is InChI=1S/C17H26N4O2/c1-2-23-17(22)21-9-5-16(6-10-21)20-13-11-19(12-14-20)15-3-7-18-8-4-15/h3-4,7-8,16H,2,5-6,9-14H2,1H3. The van der Waals surface area contributed by atoms with Crippen molar-refractivity contribution >= 4 is 11.8 Å². The summed E-state index contributed by atoms with van der Waals surface area (Å²) in [5.74, 6) is 0. The van der Waals surface area contributed by atoms with Crippen LogP contribution in [0.4, 0.5) is 10.5 Å². The second kappa shape index (κ2) is 7.64. The van der Waals surface area contributed by atoms with Crippen molar-refractivity contribution in [1.82, 2.24) is 14.8 Å².